The molecule has 1 aliphatic rings. The number of hydrogen-bond acceptors (Lipinski definition) is 5. The Bertz CT molecular complexity index is 612. The van der Waals surface area contributed by atoms with Crippen molar-refractivity contribution in [2.45, 2.75) is 73.0 Å². The van der Waals surface area contributed by atoms with Crippen molar-refractivity contribution < 1.29 is 24.2 Å². The van der Waals surface area contributed by atoms with Crippen LogP contribution in [-0.2, 0) is 19.1 Å². The molecule has 0 aromatic rings. The zero-order valence-corrected chi connectivity index (χ0v) is 17.5. The van der Waals surface area contributed by atoms with Crippen LogP contribution in [0.2, 0.25) is 0 Å². The van der Waals surface area contributed by atoms with Gasteiger partial charge in [0.1, 0.15) is 12.7 Å². The van der Waals surface area contributed by atoms with Crippen LogP contribution in [0.4, 0.5) is 0 Å². The van der Waals surface area contributed by atoms with Gasteiger partial charge in [0.05, 0.1) is 6.10 Å². The number of esters is 2. The number of rotatable bonds is 5. The van der Waals surface area contributed by atoms with E-state index in [2.05, 4.69) is 6.08 Å². The van der Waals surface area contributed by atoms with Gasteiger partial charge < -0.3 is 14.6 Å². The summed E-state index contributed by atoms with van der Waals surface area (Å²) in [4.78, 5) is 23.5. The third-order valence-electron chi connectivity index (χ3n) is 4.94. The zero-order chi connectivity index (χ0) is 20.6. The molecule has 0 bridgehead atoms. The van der Waals surface area contributed by atoms with Gasteiger partial charge in [-0.3, -0.25) is 4.79 Å². The first-order chi connectivity index (χ1) is 12.6. The molecular formula is C22H34O5. The first kappa shape index (κ1) is 23.2. The van der Waals surface area contributed by atoms with E-state index in [1.165, 1.54) is 6.92 Å². The molecule has 1 rings (SSSR count). The second kappa shape index (κ2) is 11.1. The molecule has 0 saturated carbocycles. The van der Waals surface area contributed by atoms with Gasteiger partial charge in [-0.15, -0.1) is 0 Å². The Morgan fingerprint density at radius 1 is 1.33 bits per heavy atom. The molecule has 1 aliphatic carbocycles. The summed E-state index contributed by atoms with van der Waals surface area (Å²) in [6.07, 6.45) is 6.53. The van der Waals surface area contributed by atoms with E-state index >= 15 is 0 Å². The highest BCUT2D eigenvalue weighted by atomic mass is 16.5. The van der Waals surface area contributed by atoms with Crippen LogP contribution in [0, 0.1) is 11.8 Å². The van der Waals surface area contributed by atoms with E-state index in [4.69, 9.17) is 9.47 Å². The predicted molar refractivity (Wildman–Crippen MR) is 106 cm³/mol. The molecule has 5 nitrogen and oxygen atoms in total. The molecule has 0 unspecified atom stereocenters. The number of allylic oxidation sites excluding steroid dienone is 2. The summed E-state index contributed by atoms with van der Waals surface area (Å²) in [7, 11) is 0. The number of carbonyl (C=O) groups is 2. The topological polar surface area (TPSA) is 72.8 Å². The van der Waals surface area contributed by atoms with Gasteiger partial charge in [0.25, 0.3) is 0 Å². The van der Waals surface area contributed by atoms with E-state index in [1.807, 2.05) is 20.8 Å². The van der Waals surface area contributed by atoms with Crippen LogP contribution < -0.4 is 0 Å². The van der Waals surface area contributed by atoms with Crippen LogP contribution in [0.15, 0.2) is 34.9 Å². The minimum atomic E-state index is -0.781. The first-order valence-corrected chi connectivity index (χ1v) is 9.66. The smallest absolute Gasteiger partial charge is 0.333 e. The lowest BCUT2D eigenvalue weighted by atomic mass is 9.81. The molecule has 0 radical (unpaired) electrons. The molecular weight excluding hydrogens is 344 g/mol. The van der Waals surface area contributed by atoms with E-state index in [0.29, 0.717) is 18.4 Å². The second-order valence-electron chi connectivity index (χ2n) is 7.63. The van der Waals surface area contributed by atoms with Gasteiger partial charge in [-0.1, -0.05) is 37.6 Å². The van der Waals surface area contributed by atoms with Gasteiger partial charge in [0, 0.05) is 24.8 Å². The Balaban J connectivity index is 3.09. The Hall–Kier alpha value is -1.88. The summed E-state index contributed by atoms with van der Waals surface area (Å²) in [5.41, 5.74) is 2.56. The van der Waals surface area contributed by atoms with E-state index < -0.39 is 12.2 Å². The molecule has 0 spiro atoms. The summed E-state index contributed by atoms with van der Waals surface area (Å²) in [5, 5.41) is 10.9. The SMILES string of the molecule is C/C=C(/C)C(=O)OC/C1=C/[C@H](O)[C@H](C(C)C)[C@@H](OC(C)=O)C/C(C)=C/CC1. The fraction of sp³-hybridized carbons (Fsp3) is 0.636. The molecule has 0 saturated heterocycles. The normalized spacial score (nSPS) is 28.6. The molecule has 0 aliphatic heterocycles. The molecule has 3 atom stereocenters. The third kappa shape index (κ3) is 7.71. The Kier molecular flexibility index (Phi) is 9.50. The van der Waals surface area contributed by atoms with E-state index in [-0.39, 0.29) is 30.4 Å². The Labute approximate surface area is 163 Å². The average molecular weight is 379 g/mol. The zero-order valence-electron chi connectivity index (χ0n) is 17.5. The fourth-order valence-electron chi connectivity index (χ4n) is 3.36. The average Bonchev–Trinajstić information content (AvgIpc) is 2.56. The fourth-order valence-corrected chi connectivity index (χ4v) is 3.36. The predicted octanol–water partition coefficient (Wildman–Crippen LogP) is 4.12. The quantitative estimate of drug-likeness (QED) is 0.443. The highest BCUT2D eigenvalue weighted by Crippen LogP contribution is 2.30. The number of aliphatic hydroxyl groups is 1. The van der Waals surface area contributed by atoms with Crippen LogP contribution in [0.5, 0.6) is 0 Å². The molecule has 5 heteroatoms. The molecule has 27 heavy (non-hydrogen) atoms. The van der Waals surface area contributed by atoms with Crippen molar-refractivity contribution in [1.82, 2.24) is 0 Å². The van der Waals surface area contributed by atoms with Crippen molar-refractivity contribution >= 4 is 11.9 Å². The summed E-state index contributed by atoms with van der Waals surface area (Å²) in [6.45, 7) is 11.1. The van der Waals surface area contributed by atoms with Gasteiger partial charge >= 0.3 is 11.9 Å². The highest BCUT2D eigenvalue weighted by molar-refractivity contribution is 5.87. The number of ether oxygens (including phenoxy) is 2. The van der Waals surface area contributed by atoms with Crippen molar-refractivity contribution in [3.63, 3.8) is 0 Å². The van der Waals surface area contributed by atoms with Crippen molar-refractivity contribution in [1.29, 1.82) is 0 Å². The summed E-state index contributed by atoms with van der Waals surface area (Å²) >= 11 is 0. The monoisotopic (exact) mass is 378 g/mol. The maximum absolute atomic E-state index is 11.9. The number of carbonyl (C=O) groups excluding carboxylic acids is 2. The molecule has 0 aromatic heterocycles. The molecule has 0 aromatic carbocycles. The Morgan fingerprint density at radius 2 is 2.00 bits per heavy atom. The van der Waals surface area contributed by atoms with Gasteiger partial charge in [-0.05, 0) is 45.1 Å². The maximum atomic E-state index is 11.9. The second-order valence-corrected chi connectivity index (χ2v) is 7.63. The molecule has 0 heterocycles. The van der Waals surface area contributed by atoms with Crippen molar-refractivity contribution in [3.05, 3.63) is 34.9 Å². The van der Waals surface area contributed by atoms with Crippen LogP contribution in [0.25, 0.3) is 0 Å². The van der Waals surface area contributed by atoms with E-state index in [0.717, 1.165) is 17.6 Å². The maximum Gasteiger partial charge on any atom is 0.333 e. The lowest BCUT2D eigenvalue weighted by molar-refractivity contribution is -0.152. The Morgan fingerprint density at radius 3 is 2.56 bits per heavy atom. The minimum absolute atomic E-state index is 0.113. The van der Waals surface area contributed by atoms with Crippen molar-refractivity contribution in [3.8, 4) is 0 Å². The molecule has 152 valence electrons. The summed E-state index contributed by atoms with van der Waals surface area (Å²) < 4.78 is 10.9. The van der Waals surface area contributed by atoms with Crippen molar-refractivity contribution in [2.24, 2.45) is 11.8 Å². The minimum Gasteiger partial charge on any atom is -0.462 e. The highest BCUT2D eigenvalue weighted by Gasteiger charge is 2.33. The number of hydrogen-bond donors (Lipinski definition) is 1. The lowest BCUT2D eigenvalue weighted by Gasteiger charge is -2.33. The first-order valence-electron chi connectivity index (χ1n) is 9.66. The van der Waals surface area contributed by atoms with Crippen LogP contribution >= 0.6 is 0 Å². The van der Waals surface area contributed by atoms with Gasteiger partial charge in [0.2, 0.25) is 0 Å². The van der Waals surface area contributed by atoms with Crippen LogP contribution in [-0.4, -0.2) is 35.9 Å². The third-order valence-corrected chi connectivity index (χ3v) is 4.94. The molecule has 1 N–H and O–H groups in total. The van der Waals surface area contributed by atoms with Crippen LogP contribution in [0.1, 0.15) is 60.8 Å². The largest absolute Gasteiger partial charge is 0.462 e. The van der Waals surface area contributed by atoms with Crippen molar-refractivity contribution in [2.75, 3.05) is 6.61 Å². The molecule has 0 amide bonds. The van der Waals surface area contributed by atoms with E-state index in [1.54, 1.807) is 26.0 Å². The summed E-state index contributed by atoms with van der Waals surface area (Å²) in [6, 6.07) is 0. The standard InChI is InChI=1S/C22H34O5/c1-7-16(5)22(25)26-13-18-10-8-9-15(4)11-20(27-17(6)23)21(14(2)3)19(24)12-18/h7,9,12,14,19-21,24H,8,10-11,13H2,1-6H3/b15-9+,16-7-,18-12+/t19-,20-,21-/m0/s1. The molecule has 0 fully saturated rings. The van der Waals surface area contributed by atoms with Crippen LogP contribution in [0.3, 0.4) is 0 Å². The van der Waals surface area contributed by atoms with Gasteiger partial charge in [-0.25, -0.2) is 4.79 Å². The lowest BCUT2D eigenvalue weighted by Crippen LogP contribution is -2.38. The van der Waals surface area contributed by atoms with Gasteiger partial charge in [0.15, 0.2) is 0 Å². The van der Waals surface area contributed by atoms with E-state index in [9.17, 15) is 14.7 Å². The van der Waals surface area contributed by atoms with Gasteiger partial charge in [-0.2, -0.15) is 0 Å². The number of aliphatic hydroxyl groups excluding tert-OH is 1. The summed E-state index contributed by atoms with van der Waals surface area (Å²) in [5.74, 6) is -0.821.